The Labute approximate surface area is 302 Å². The maximum atomic E-state index is 14.1. The van der Waals surface area contributed by atoms with E-state index in [0.29, 0.717) is 41.6 Å². The maximum absolute atomic E-state index is 14.1. The summed E-state index contributed by atoms with van der Waals surface area (Å²) < 4.78 is 0. The summed E-state index contributed by atoms with van der Waals surface area (Å²) in [5, 5.41) is 20.5. The molecule has 0 fully saturated rings. The average Bonchev–Trinajstić information content (AvgIpc) is 3.39. The predicted molar refractivity (Wildman–Crippen MR) is 206 cm³/mol. The number of hydrogen-bond donors (Lipinski definition) is 2. The molecule has 2 aromatic carbocycles. The van der Waals surface area contributed by atoms with Gasteiger partial charge in [0.1, 0.15) is 0 Å². The standard InChI is InChI=1S/C43H66N2O5/c1-5-9-13-17-25-44(26-18-14-10-6-2)29-23-33-31-37-35-22-21-34(42(47)48)32-38(35)41(46)40(37)36(39(33)43(49)50)24-30-45(27-19-15-11-7-3)28-20-16-12-8-4/h21-22,31-32H,5-20,23-30H2,1-4H3,(H,47,48)(H,49,50). The smallest absolute Gasteiger partial charge is 0.336 e. The van der Waals surface area contributed by atoms with E-state index in [1.807, 2.05) is 6.07 Å². The SMILES string of the molecule is CCCCCCN(CCCCCC)CCc1cc2c(c(CCN(CCCCCC)CCCCCC)c1C(=O)O)C(=O)c1cc(C(=O)O)ccc1-2. The van der Waals surface area contributed by atoms with E-state index in [-0.39, 0.29) is 16.9 Å². The fourth-order valence-electron chi connectivity index (χ4n) is 7.49. The van der Waals surface area contributed by atoms with Gasteiger partial charge in [-0.25, -0.2) is 9.59 Å². The van der Waals surface area contributed by atoms with Gasteiger partial charge in [-0.15, -0.1) is 0 Å². The summed E-state index contributed by atoms with van der Waals surface area (Å²) in [7, 11) is 0. The number of carbonyl (C=O) groups excluding carboxylic acids is 1. The number of nitrogens with zero attached hydrogens (tertiary/aromatic N) is 2. The van der Waals surface area contributed by atoms with E-state index >= 15 is 0 Å². The summed E-state index contributed by atoms with van der Waals surface area (Å²) in [6.45, 7) is 14.3. The lowest BCUT2D eigenvalue weighted by Crippen LogP contribution is -2.30. The molecule has 2 aromatic rings. The summed E-state index contributed by atoms with van der Waals surface area (Å²) >= 11 is 0. The van der Waals surface area contributed by atoms with E-state index < -0.39 is 11.9 Å². The number of benzene rings is 2. The Bertz CT molecular complexity index is 1350. The molecular weight excluding hydrogens is 624 g/mol. The molecule has 3 rings (SSSR count). The quantitative estimate of drug-likeness (QED) is 0.0732. The van der Waals surface area contributed by atoms with E-state index in [1.54, 1.807) is 12.1 Å². The number of unbranched alkanes of at least 4 members (excludes halogenated alkanes) is 12. The van der Waals surface area contributed by atoms with Crippen molar-refractivity contribution in [2.24, 2.45) is 0 Å². The zero-order chi connectivity index (χ0) is 36.3. The van der Waals surface area contributed by atoms with Crippen LogP contribution >= 0.6 is 0 Å². The van der Waals surface area contributed by atoms with Crippen LogP contribution in [0.4, 0.5) is 0 Å². The predicted octanol–water partition coefficient (Wildman–Crippen LogP) is 10.3. The van der Waals surface area contributed by atoms with Crippen molar-refractivity contribution < 1.29 is 24.6 Å². The second-order valence-electron chi connectivity index (χ2n) is 14.4. The van der Waals surface area contributed by atoms with Crippen LogP contribution in [0.1, 0.15) is 178 Å². The van der Waals surface area contributed by atoms with Crippen molar-refractivity contribution in [1.82, 2.24) is 9.80 Å². The minimum absolute atomic E-state index is 0.0669. The molecule has 0 spiro atoms. The van der Waals surface area contributed by atoms with Gasteiger partial charge < -0.3 is 20.0 Å². The van der Waals surface area contributed by atoms with Crippen molar-refractivity contribution in [3.63, 3.8) is 0 Å². The first-order valence-corrected chi connectivity index (χ1v) is 20.1. The van der Waals surface area contributed by atoms with Gasteiger partial charge in [0.2, 0.25) is 0 Å². The molecule has 1 aliphatic carbocycles. The molecule has 0 radical (unpaired) electrons. The third-order valence-electron chi connectivity index (χ3n) is 10.4. The summed E-state index contributed by atoms with van der Waals surface area (Å²) in [6, 6.07) is 6.69. The molecule has 7 nitrogen and oxygen atoms in total. The molecule has 0 unspecified atom stereocenters. The van der Waals surface area contributed by atoms with E-state index in [9.17, 15) is 24.6 Å². The molecule has 0 amide bonds. The lowest BCUT2D eigenvalue weighted by molar-refractivity contribution is 0.0684. The van der Waals surface area contributed by atoms with Gasteiger partial charge in [-0.2, -0.15) is 0 Å². The van der Waals surface area contributed by atoms with E-state index in [4.69, 9.17) is 0 Å². The van der Waals surface area contributed by atoms with Crippen LogP contribution in [-0.2, 0) is 12.8 Å². The van der Waals surface area contributed by atoms with Crippen molar-refractivity contribution in [2.75, 3.05) is 39.3 Å². The summed E-state index contributed by atoms with van der Waals surface area (Å²) in [5.41, 5.74) is 4.02. The first kappa shape index (κ1) is 41.4. The van der Waals surface area contributed by atoms with Crippen molar-refractivity contribution in [2.45, 2.75) is 143 Å². The topological polar surface area (TPSA) is 98.2 Å². The monoisotopic (exact) mass is 690 g/mol. The molecule has 0 bridgehead atoms. The Morgan fingerprint density at radius 1 is 0.540 bits per heavy atom. The van der Waals surface area contributed by atoms with Crippen LogP contribution in [0.5, 0.6) is 0 Å². The second kappa shape index (κ2) is 22.7. The van der Waals surface area contributed by atoms with Gasteiger partial charge in [-0.05, 0) is 105 Å². The molecular formula is C43H66N2O5. The zero-order valence-electron chi connectivity index (χ0n) is 31.8. The van der Waals surface area contributed by atoms with Crippen LogP contribution in [-0.4, -0.2) is 77.0 Å². The number of aromatic carboxylic acids is 2. The van der Waals surface area contributed by atoms with Crippen LogP contribution in [0, 0.1) is 0 Å². The van der Waals surface area contributed by atoms with Gasteiger partial charge in [0.15, 0.2) is 5.78 Å². The van der Waals surface area contributed by atoms with Crippen LogP contribution in [0.3, 0.4) is 0 Å². The molecule has 278 valence electrons. The van der Waals surface area contributed by atoms with Crippen LogP contribution in [0.15, 0.2) is 24.3 Å². The fraction of sp³-hybridized carbons (Fsp3) is 0.651. The molecule has 50 heavy (non-hydrogen) atoms. The lowest BCUT2D eigenvalue weighted by Gasteiger charge is -2.25. The summed E-state index contributed by atoms with van der Waals surface area (Å²) in [4.78, 5) is 44.1. The number of ketones is 1. The van der Waals surface area contributed by atoms with Crippen LogP contribution in [0.2, 0.25) is 0 Å². The zero-order valence-corrected chi connectivity index (χ0v) is 31.8. The van der Waals surface area contributed by atoms with Crippen LogP contribution < -0.4 is 0 Å². The number of carboxylic acids is 2. The van der Waals surface area contributed by atoms with Crippen LogP contribution in [0.25, 0.3) is 11.1 Å². The molecule has 0 atom stereocenters. The first-order chi connectivity index (χ1) is 24.3. The Balaban J connectivity index is 2.01. The molecule has 7 heteroatoms. The molecule has 0 aromatic heterocycles. The van der Waals surface area contributed by atoms with E-state index in [0.717, 1.165) is 69.5 Å². The Morgan fingerprint density at radius 3 is 1.46 bits per heavy atom. The Kier molecular flexibility index (Phi) is 18.8. The fourth-order valence-corrected chi connectivity index (χ4v) is 7.49. The van der Waals surface area contributed by atoms with Crippen molar-refractivity contribution in [1.29, 1.82) is 0 Å². The number of rotatable bonds is 28. The van der Waals surface area contributed by atoms with Gasteiger partial charge in [0.05, 0.1) is 11.1 Å². The highest BCUT2D eigenvalue weighted by molar-refractivity contribution is 6.24. The summed E-state index contributed by atoms with van der Waals surface area (Å²) in [6.07, 6.45) is 20.0. The molecule has 0 heterocycles. The second-order valence-corrected chi connectivity index (χ2v) is 14.4. The third-order valence-corrected chi connectivity index (χ3v) is 10.4. The normalized spacial score (nSPS) is 12.2. The highest BCUT2D eigenvalue weighted by atomic mass is 16.4. The van der Waals surface area contributed by atoms with Crippen molar-refractivity contribution >= 4 is 17.7 Å². The molecule has 1 aliphatic rings. The highest BCUT2D eigenvalue weighted by Gasteiger charge is 2.34. The van der Waals surface area contributed by atoms with Gasteiger partial charge in [-0.1, -0.05) is 111 Å². The van der Waals surface area contributed by atoms with E-state index in [2.05, 4.69) is 37.5 Å². The molecule has 2 N–H and O–H groups in total. The molecule has 0 saturated carbocycles. The van der Waals surface area contributed by atoms with Crippen molar-refractivity contribution in [3.05, 3.63) is 57.6 Å². The summed E-state index contributed by atoms with van der Waals surface area (Å²) in [5.74, 6) is -2.32. The van der Waals surface area contributed by atoms with Gasteiger partial charge in [0.25, 0.3) is 0 Å². The number of hydrogen-bond acceptors (Lipinski definition) is 5. The van der Waals surface area contributed by atoms with Crippen molar-refractivity contribution in [3.8, 4) is 11.1 Å². The first-order valence-electron chi connectivity index (χ1n) is 20.1. The number of fused-ring (bicyclic) bond motifs is 3. The minimum Gasteiger partial charge on any atom is -0.478 e. The number of carbonyl (C=O) groups is 3. The van der Waals surface area contributed by atoms with E-state index in [1.165, 1.54) is 83.1 Å². The minimum atomic E-state index is -1.08. The van der Waals surface area contributed by atoms with Gasteiger partial charge >= 0.3 is 11.9 Å². The Hall–Kier alpha value is -3.03. The highest BCUT2D eigenvalue weighted by Crippen LogP contribution is 2.42. The molecule has 0 saturated heterocycles. The molecule has 0 aliphatic heterocycles. The third kappa shape index (κ3) is 12.3. The van der Waals surface area contributed by atoms with Gasteiger partial charge in [-0.3, -0.25) is 4.79 Å². The average molecular weight is 691 g/mol. The largest absolute Gasteiger partial charge is 0.478 e. The lowest BCUT2D eigenvalue weighted by atomic mass is 9.88. The number of carboxylic acid groups (broad SMARTS) is 2. The Morgan fingerprint density at radius 2 is 1.02 bits per heavy atom. The maximum Gasteiger partial charge on any atom is 0.336 e. The van der Waals surface area contributed by atoms with Gasteiger partial charge in [0, 0.05) is 24.2 Å².